The van der Waals surface area contributed by atoms with Crippen molar-refractivity contribution in [2.24, 2.45) is 4.99 Å². The predicted molar refractivity (Wildman–Crippen MR) is 125 cm³/mol. The third kappa shape index (κ3) is 5.28. The molecule has 0 fully saturated rings. The Morgan fingerprint density at radius 1 is 1.03 bits per heavy atom. The maximum Gasteiger partial charge on any atom is 0.233 e. The summed E-state index contributed by atoms with van der Waals surface area (Å²) < 4.78 is 8.17. The fourth-order valence-corrected chi connectivity index (χ4v) is 4.71. The first-order valence-electron chi connectivity index (χ1n) is 9.83. The van der Waals surface area contributed by atoms with E-state index >= 15 is 0 Å². The average Bonchev–Trinajstić information content (AvgIpc) is 3.39. The van der Waals surface area contributed by atoms with Crippen molar-refractivity contribution in [3.63, 3.8) is 0 Å². The third-order valence-electron chi connectivity index (χ3n) is 4.97. The smallest absolute Gasteiger partial charge is 0.233 e. The van der Waals surface area contributed by atoms with Gasteiger partial charge in [0.15, 0.2) is 0 Å². The van der Waals surface area contributed by atoms with Crippen molar-refractivity contribution in [2.45, 2.75) is 30.2 Å². The molecule has 0 N–H and O–H groups in total. The lowest BCUT2D eigenvalue weighted by Crippen LogP contribution is -2.11. The highest BCUT2D eigenvalue weighted by atomic mass is 32.2. The molecular formula is C24H26N2OS2. The van der Waals surface area contributed by atoms with E-state index in [4.69, 9.17) is 9.73 Å². The van der Waals surface area contributed by atoms with Gasteiger partial charge in [0, 0.05) is 29.1 Å². The van der Waals surface area contributed by atoms with Gasteiger partial charge in [0.05, 0.1) is 6.04 Å². The van der Waals surface area contributed by atoms with Crippen molar-refractivity contribution in [1.29, 1.82) is 0 Å². The van der Waals surface area contributed by atoms with Gasteiger partial charge in [-0.05, 0) is 48.6 Å². The Labute approximate surface area is 181 Å². The number of aromatic nitrogens is 1. The van der Waals surface area contributed by atoms with Crippen LogP contribution < -0.4 is 0 Å². The molecule has 1 atom stereocenters. The molecule has 0 radical (unpaired) electrons. The zero-order valence-electron chi connectivity index (χ0n) is 16.9. The largest absolute Gasteiger partial charge is 0.474 e. The molecule has 5 heteroatoms. The minimum Gasteiger partial charge on any atom is -0.474 e. The quantitative estimate of drug-likeness (QED) is 0.439. The van der Waals surface area contributed by atoms with Crippen LogP contribution in [0, 0.1) is 6.92 Å². The lowest BCUT2D eigenvalue weighted by atomic mass is 10.2. The average molecular weight is 423 g/mol. The van der Waals surface area contributed by atoms with Crippen LogP contribution in [0.5, 0.6) is 0 Å². The molecule has 1 aromatic heterocycles. The molecule has 0 amide bonds. The summed E-state index contributed by atoms with van der Waals surface area (Å²) in [5, 5.41) is 0. The Morgan fingerprint density at radius 3 is 2.55 bits per heavy atom. The highest BCUT2D eigenvalue weighted by molar-refractivity contribution is 7.98. The fraction of sp³-hybridized carbons (Fsp3) is 0.292. The van der Waals surface area contributed by atoms with Gasteiger partial charge < -0.3 is 9.30 Å². The van der Waals surface area contributed by atoms with E-state index in [1.807, 2.05) is 11.8 Å². The first-order valence-corrected chi connectivity index (χ1v) is 12.2. The molecule has 2 heterocycles. The molecule has 1 aliphatic rings. The predicted octanol–water partition coefficient (Wildman–Crippen LogP) is 5.65. The van der Waals surface area contributed by atoms with E-state index in [0.29, 0.717) is 6.61 Å². The van der Waals surface area contributed by atoms with E-state index in [-0.39, 0.29) is 6.04 Å². The molecule has 0 saturated heterocycles. The Kier molecular flexibility index (Phi) is 6.67. The zero-order valence-corrected chi connectivity index (χ0v) is 18.5. The van der Waals surface area contributed by atoms with Crippen molar-refractivity contribution < 1.29 is 4.74 Å². The van der Waals surface area contributed by atoms with Gasteiger partial charge in [-0.15, -0.1) is 11.8 Å². The number of hydrogen-bond acceptors (Lipinski definition) is 4. The highest BCUT2D eigenvalue weighted by Gasteiger charge is 2.22. The second kappa shape index (κ2) is 9.59. The van der Waals surface area contributed by atoms with Crippen LogP contribution in [0.3, 0.4) is 0 Å². The van der Waals surface area contributed by atoms with Crippen molar-refractivity contribution >= 4 is 29.4 Å². The van der Waals surface area contributed by atoms with Crippen LogP contribution in [0.2, 0.25) is 0 Å². The molecule has 3 nitrogen and oxygen atoms in total. The maximum atomic E-state index is 5.96. The van der Waals surface area contributed by atoms with E-state index in [0.717, 1.165) is 29.6 Å². The monoisotopic (exact) mass is 422 g/mol. The Morgan fingerprint density at radius 2 is 1.79 bits per heavy atom. The Balaban J connectivity index is 1.35. The van der Waals surface area contributed by atoms with Crippen LogP contribution in [-0.2, 0) is 17.0 Å². The van der Waals surface area contributed by atoms with E-state index in [2.05, 4.69) is 84.6 Å². The van der Waals surface area contributed by atoms with Crippen molar-refractivity contribution in [3.05, 3.63) is 89.2 Å². The van der Waals surface area contributed by atoms with Crippen molar-refractivity contribution in [3.8, 4) is 0 Å². The zero-order chi connectivity index (χ0) is 20.1. The van der Waals surface area contributed by atoms with Crippen LogP contribution in [0.4, 0.5) is 0 Å². The number of aryl methyl sites for hydroxylation is 1. The minimum absolute atomic E-state index is 0.227. The van der Waals surface area contributed by atoms with Gasteiger partial charge in [-0.2, -0.15) is 11.8 Å². The number of benzene rings is 2. The molecule has 29 heavy (non-hydrogen) atoms. The van der Waals surface area contributed by atoms with Gasteiger partial charge in [-0.3, -0.25) is 0 Å². The van der Waals surface area contributed by atoms with Crippen LogP contribution >= 0.6 is 23.5 Å². The Hall–Kier alpha value is -2.11. The van der Waals surface area contributed by atoms with E-state index in [1.54, 1.807) is 11.8 Å². The van der Waals surface area contributed by atoms with Gasteiger partial charge in [0.1, 0.15) is 12.3 Å². The topological polar surface area (TPSA) is 26.5 Å². The van der Waals surface area contributed by atoms with Crippen molar-refractivity contribution in [1.82, 2.24) is 4.57 Å². The van der Waals surface area contributed by atoms with Gasteiger partial charge in [0.2, 0.25) is 5.90 Å². The normalized spacial score (nSPS) is 15.9. The van der Waals surface area contributed by atoms with Crippen LogP contribution in [0.1, 0.15) is 22.4 Å². The molecule has 0 aliphatic carbocycles. The molecule has 0 bridgehead atoms. The van der Waals surface area contributed by atoms with Gasteiger partial charge >= 0.3 is 0 Å². The minimum atomic E-state index is 0.227. The summed E-state index contributed by atoms with van der Waals surface area (Å²) in [5.74, 6) is 2.77. The molecule has 0 unspecified atom stereocenters. The van der Waals surface area contributed by atoms with Crippen LogP contribution in [-0.4, -0.2) is 35.1 Å². The van der Waals surface area contributed by atoms with Crippen LogP contribution in [0.15, 0.2) is 76.7 Å². The van der Waals surface area contributed by atoms with E-state index < -0.39 is 0 Å². The fourth-order valence-electron chi connectivity index (χ4n) is 3.31. The summed E-state index contributed by atoms with van der Waals surface area (Å²) in [4.78, 5) is 6.14. The molecular weight excluding hydrogens is 396 g/mol. The number of nitrogens with zero attached hydrogens (tertiary/aromatic N) is 2. The summed E-state index contributed by atoms with van der Waals surface area (Å²) in [7, 11) is 0. The number of aliphatic imine (C=N–C) groups is 1. The Bertz CT molecular complexity index is 961. The number of thioether (sulfide) groups is 2. The SMILES string of the molecule is CSc1ccc(Cn2cccc2C2=N[C@@H](CSCc3ccc(C)cc3)CO2)cc1. The van der Waals surface area contributed by atoms with Crippen molar-refractivity contribution in [2.75, 3.05) is 18.6 Å². The molecule has 3 aromatic rings. The van der Waals surface area contributed by atoms with Gasteiger partial charge in [-0.1, -0.05) is 42.0 Å². The second-order valence-electron chi connectivity index (χ2n) is 7.27. The van der Waals surface area contributed by atoms with E-state index in [1.165, 1.54) is 21.6 Å². The summed E-state index contributed by atoms with van der Waals surface area (Å²) in [6.07, 6.45) is 4.20. The highest BCUT2D eigenvalue weighted by Crippen LogP contribution is 2.21. The lowest BCUT2D eigenvalue weighted by molar-refractivity contribution is 0.323. The lowest BCUT2D eigenvalue weighted by Gasteiger charge is -2.09. The number of ether oxygens (including phenoxy) is 1. The summed E-state index contributed by atoms with van der Waals surface area (Å²) in [6, 6.07) is 21.9. The molecule has 0 spiro atoms. The summed E-state index contributed by atoms with van der Waals surface area (Å²) in [5.41, 5.74) is 5.01. The maximum absolute atomic E-state index is 5.96. The summed E-state index contributed by atoms with van der Waals surface area (Å²) in [6.45, 7) is 3.62. The standard InChI is InChI=1S/C24H26N2OS2/c1-18-5-7-20(8-6-18)16-29-17-21-15-27-24(25-21)23-4-3-13-26(23)14-19-9-11-22(28-2)12-10-19/h3-13,21H,14-17H2,1-2H3/t21-/m1/s1. The molecule has 4 rings (SSSR count). The van der Waals surface area contributed by atoms with Gasteiger partial charge in [-0.25, -0.2) is 4.99 Å². The molecule has 150 valence electrons. The van der Waals surface area contributed by atoms with Gasteiger partial charge in [0.25, 0.3) is 0 Å². The molecule has 2 aromatic carbocycles. The second-order valence-corrected chi connectivity index (χ2v) is 9.18. The molecule has 1 aliphatic heterocycles. The van der Waals surface area contributed by atoms with E-state index in [9.17, 15) is 0 Å². The molecule has 0 saturated carbocycles. The third-order valence-corrected chi connectivity index (χ3v) is 6.87. The summed E-state index contributed by atoms with van der Waals surface area (Å²) >= 11 is 3.69. The first kappa shape index (κ1) is 20.2. The number of rotatable bonds is 8. The van der Waals surface area contributed by atoms with Crippen LogP contribution in [0.25, 0.3) is 0 Å². The first-order chi connectivity index (χ1) is 14.2. The number of hydrogen-bond donors (Lipinski definition) is 0.